The molecule has 19 heavy (non-hydrogen) atoms. The van der Waals surface area contributed by atoms with Crippen LogP contribution in [0.1, 0.15) is 58.8 Å². The molecule has 1 aliphatic heterocycles. The van der Waals surface area contributed by atoms with Crippen LogP contribution in [0.5, 0.6) is 0 Å². The molecule has 2 N–H and O–H groups in total. The Hall–Kier alpha value is -0.120. The van der Waals surface area contributed by atoms with E-state index in [4.69, 9.17) is 0 Å². The molecule has 2 aliphatic rings. The number of aliphatic hydroxyl groups excluding tert-OH is 1. The Morgan fingerprint density at radius 3 is 2.58 bits per heavy atom. The molecule has 1 aliphatic carbocycles. The van der Waals surface area contributed by atoms with Gasteiger partial charge in [0, 0.05) is 18.6 Å². The Balaban J connectivity index is 1.87. The van der Waals surface area contributed by atoms with Crippen molar-refractivity contribution in [2.45, 2.75) is 77.0 Å². The molecular weight excluding hydrogens is 236 g/mol. The summed E-state index contributed by atoms with van der Waals surface area (Å²) in [5.74, 6) is 0.720. The molecule has 3 nitrogen and oxygen atoms in total. The second kappa shape index (κ2) is 7.61. The van der Waals surface area contributed by atoms with Gasteiger partial charge in [-0.1, -0.05) is 33.1 Å². The fraction of sp³-hybridized carbons (Fsp3) is 1.00. The van der Waals surface area contributed by atoms with Crippen molar-refractivity contribution in [2.75, 3.05) is 19.6 Å². The van der Waals surface area contributed by atoms with Gasteiger partial charge < -0.3 is 10.4 Å². The van der Waals surface area contributed by atoms with Gasteiger partial charge in [0.05, 0.1) is 6.10 Å². The normalized spacial score (nSPS) is 33.8. The lowest BCUT2D eigenvalue weighted by Crippen LogP contribution is -2.55. The predicted molar refractivity (Wildman–Crippen MR) is 80.3 cm³/mol. The van der Waals surface area contributed by atoms with Gasteiger partial charge in [0.15, 0.2) is 0 Å². The summed E-state index contributed by atoms with van der Waals surface area (Å²) in [6.07, 6.45) is 8.59. The quantitative estimate of drug-likeness (QED) is 0.803. The molecule has 0 radical (unpaired) electrons. The van der Waals surface area contributed by atoms with Crippen LogP contribution in [-0.2, 0) is 0 Å². The maximum atomic E-state index is 10.3. The number of likely N-dealkylation sites (tertiary alicyclic amines) is 1. The molecule has 1 saturated heterocycles. The van der Waals surface area contributed by atoms with Crippen LogP contribution in [0.2, 0.25) is 0 Å². The molecule has 3 unspecified atom stereocenters. The van der Waals surface area contributed by atoms with Crippen LogP contribution in [0.25, 0.3) is 0 Å². The van der Waals surface area contributed by atoms with Crippen molar-refractivity contribution >= 4 is 0 Å². The average Bonchev–Trinajstić information content (AvgIpc) is 2.40. The Morgan fingerprint density at radius 1 is 1.11 bits per heavy atom. The van der Waals surface area contributed by atoms with E-state index in [1.165, 1.54) is 45.1 Å². The molecule has 1 saturated carbocycles. The van der Waals surface area contributed by atoms with E-state index < -0.39 is 0 Å². The average molecular weight is 268 g/mol. The molecule has 0 amide bonds. The lowest BCUT2D eigenvalue weighted by atomic mass is 9.88. The van der Waals surface area contributed by atoms with E-state index in [0.717, 1.165) is 25.4 Å². The lowest BCUT2D eigenvalue weighted by Gasteiger charge is -2.45. The molecule has 112 valence electrons. The maximum absolute atomic E-state index is 10.3. The Bertz CT molecular complexity index is 257. The number of hydrogen-bond acceptors (Lipinski definition) is 3. The molecule has 2 fully saturated rings. The summed E-state index contributed by atoms with van der Waals surface area (Å²) in [7, 11) is 0. The summed E-state index contributed by atoms with van der Waals surface area (Å²) in [5, 5.41) is 13.9. The second-order valence-electron chi connectivity index (χ2n) is 6.86. The molecule has 0 bridgehead atoms. The monoisotopic (exact) mass is 268 g/mol. The largest absolute Gasteiger partial charge is 0.391 e. The van der Waals surface area contributed by atoms with Crippen LogP contribution in [0, 0.1) is 5.92 Å². The summed E-state index contributed by atoms with van der Waals surface area (Å²) in [6, 6.07) is 1.07. The van der Waals surface area contributed by atoms with Crippen molar-refractivity contribution in [1.82, 2.24) is 10.2 Å². The third kappa shape index (κ3) is 4.44. The molecule has 1 heterocycles. The van der Waals surface area contributed by atoms with Crippen molar-refractivity contribution in [3.63, 3.8) is 0 Å². The second-order valence-corrected chi connectivity index (χ2v) is 6.86. The van der Waals surface area contributed by atoms with Crippen LogP contribution in [0.15, 0.2) is 0 Å². The molecule has 3 atom stereocenters. The minimum Gasteiger partial charge on any atom is -0.391 e. The van der Waals surface area contributed by atoms with Crippen molar-refractivity contribution in [1.29, 1.82) is 0 Å². The van der Waals surface area contributed by atoms with E-state index in [9.17, 15) is 5.11 Å². The van der Waals surface area contributed by atoms with Crippen LogP contribution >= 0.6 is 0 Å². The molecule has 3 heteroatoms. The van der Waals surface area contributed by atoms with E-state index >= 15 is 0 Å². The lowest BCUT2D eigenvalue weighted by molar-refractivity contribution is -0.0147. The van der Waals surface area contributed by atoms with E-state index in [-0.39, 0.29) is 6.10 Å². The predicted octanol–water partition coefficient (Wildman–Crippen LogP) is 2.39. The first-order chi connectivity index (χ1) is 9.18. The molecule has 2 rings (SSSR count). The highest BCUT2D eigenvalue weighted by atomic mass is 16.3. The van der Waals surface area contributed by atoms with Gasteiger partial charge in [-0.05, 0) is 44.7 Å². The van der Waals surface area contributed by atoms with Crippen molar-refractivity contribution in [3.8, 4) is 0 Å². The Kier molecular flexibility index (Phi) is 6.11. The number of piperidine rings is 1. The van der Waals surface area contributed by atoms with Gasteiger partial charge in [0.2, 0.25) is 0 Å². The number of nitrogens with one attached hydrogen (secondary N) is 1. The van der Waals surface area contributed by atoms with E-state index in [1.807, 2.05) is 0 Å². The number of rotatable bonds is 5. The Morgan fingerprint density at radius 2 is 1.84 bits per heavy atom. The highest BCUT2D eigenvalue weighted by Crippen LogP contribution is 2.28. The number of nitrogens with zero attached hydrogens (tertiary/aromatic N) is 1. The first-order valence-corrected chi connectivity index (χ1v) is 8.33. The number of aliphatic hydroxyl groups is 1. The highest BCUT2D eigenvalue weighted by Gasteiger charge is 2.34. The SMILES string of the molecule is CC(C)CNCC1CCCCN1C1CCCCC1O. The van der Waals surface area contributed by atoms with E-state index in [0.29, 0.717) is 12.1 Å². The minimum absolute atomic E-state index is 0.0838. The van der Waals surface area contributed by atoms with E-state index in [1.54, 1.807) is 0 Å². The summed E-state index contributed by atoms with van der Waals surface area (Å²) < 4.78 is 0. The van der Waals surface area contributed by atoms with Crippen LogP contribution < -0.4 is 5.32 Å². The van der Waals surface area contributed by atoms with Gasteiger partial charge in [-0.2, -0.15) is 0 Å². The van der Waals surface area contributed by atoms with Crippen LogP contribution in [-0.4, -0.2) is 47.8 Å². The fourth-order valence-corrected chi connectivity index (χ4v) is 3.70. The summed E-state index contributed by atoms with van der Waals surface area (Å²) >= 11 is 0. The standard InChI is InChI=1S/C16H32N2O/c1-13(2)11-17-12-14-7-5-6-10-18(14)15-8-3-4-9-16(15)19/h13-17,19H,3-12H2,1-2H3. The minimum atomic E-state index is -0.0838. The van der Waals surface area contributed by atoms with Gasteiger partial charge in [-0.15, -0.1) is 0 Å². The summed E-state index contributed by atoms with van der Waals surface area (Å²) in [6.45, 7) is 7.92. The zero-order valence-corrected chi connectivity index (χ0v) is 12.8. The molecule has 0 spiro atoms. The molecule has 0 aromatic heterocycles. The maximum Gasteiger partial charge on any atom is 0.0695 e. The Labute approximate surface area is 118 Å². The molecule has 0 aromatic carbocycles. The highest BCUT2D eigenvalue weighted by molar-refractivity contribution is 4.89. The summed E-state index contributed by atoms with van der Waals surface area (Å²) in [5.41, 5.74) is 0. The van der Waals surface area contributed by atoms with E-state index in [2.05, 4.69) is 24.1 Å². The first kappa shape index (κ1) is 15.3. The third-order valence-electron chi connectivity index (χ3n) is 4.73. The van der Waals surface area contributed by atoms with Crippen molar-refractivity contribution in [2.24, 2.45) is 5.92 Å². The van der Waals surface area contributed by atoms with Crippen molar-refractivity contribution in [3.05, 3.63) is 0 Å². The van der Waals surface area contributed by atoms with Gasteiger partial charge >= 0.3 is 0 Å². The van der Waals surface area contributed by atoms with Gasteiger partial charge in [-0.3, -0.25) is 4.90 Å². The van der Waals surface area contributed by atoms with Gasteiger partial charge in [0.25, 0.3) is 0 Å². The van der Waals surface area contributed by atoms with Crippen LogP contribution in [0.4, 0.5) is 0 Å². The zero-order chi connectivity index (χ0) is 13.7. The topological polar surface area (TPSA) is 35.5 Å². The van der Waals surface area contributed by atoms with Crippen molar-refractivity contribution < 1.29 is 5.11 Å². The molecular formula is C16H32N2O. The first-order valence-electron chi connectivity index (χ1n) is 8.33. The van der Waals surface area contributed by atoms with Gasteiger partial charge in [-0.25, -0.2) is 0 Å². The molecule has 0 aromatic rings. The van der Waals surface area contributed by atoms with Gasteiger partial charge in [0.1, 0.15) is 0 Å². The number of hydrogen-bond donors (Lipinski definition) is 2. The smallest absolute Gasteiger partial charge is 0.0695 e. The zero-order valence-electron chi connectivity index (χ0n) is 12.8. The summed E-state index contributed by atoms with van der Waals surface area (Å²) in [4.78, 5) is 2.63. The fourth-order valence-electron chi connectivity index (χ4n) is 3.70. The van der Waals surface area contributed by atoms with Crippen LogP contribution in [0.3, 0.4) is 0 Å². The third-order valence-corrected chi connectivity index (χ3v) is 4.73.